The highest BCUT2D eigenvalue weighted by Crippen LogP contribution is 2.27. The van der Waals surface area contributed by atoms with Crippen molar-refractivity contribution in [3.05, 3.63) is 35.2 Å². The number of carbonyl (C=O) groups is 1. The first kappa shape index (κ1) is 19.7. The van der Waals surface area contributed by atoms with Gasteiger partial charge in [-0.1, -0.05) is 11.3 Å². The lowest BCUT2D eigenvalue weighted by molar-refractivity contribution is 0.191. The summed E-state index contributed by atoms with van der Waals surface area (Å²) >= 11 is 0.861. The van der Waals surface area contributed by atoms with Crippen LogP contribution in [-0.2, 0) is 14.8 Å². The number of aryl methyl sites for hydroxylation is 2. The number of anilines is 3. The molecule has 0 saturated heterocycles. The Balaban J connectivity index is 2.24. The summed E-state index contributed by atoms with van der Waals surface area (Å²) in [6, 6.07) is 3.12. The maximum absolute atomic E-state index is 12.5. The van der Waals surface area contributed by atoms with Gasteiger partial charge in [0.05, 0.1) is 5.69 Å². The fourth-order valence-electron chi connectivity index (χ4n) is 1.95. The number of nitrogen functional groups attached to an aromatic ring is 1. The quantitative estimate of drug-likeness (QED) is 0.660. The number of allylic oxidation sites excluding steroid dienone is 2. The van der Waals surface area contributed by atoms with E-state index in [0.29, 0.717) is 17.0 Å². The van der Waals surface area contributed by atoms with E-state index in [2.05, 4.69) is 20.0 Å². The van der Waals surface area contributed by atoms with Gasteiger partial charge in [0, 0.05) is 0 Å². The number of hydrogen-bond acceptors (Lipinski definition) is 8. The predicted molar refractivity (Wildman–Crippen MR) is 101 cm³/mol. The zero-order valence-corrected chi connectivity index (χ0v) is 16.3. The van der Waals surface area contributed by atoms with Crippen LogP contribution in [0.25, 0.3) is 0 Å². The minimum atomic E-state index is -3.90. The molecule has 0 radical (unpaired) electrons. The van der Waals surface area contributed by atoms with Crippen LogP contribution in [0.4, 0.5) is 21.6 Å². The third-order valence-corrected chi connectivity index (χ3v) is 6.06. The van der Waals surface area contributed by atoms with E-state index in [1.807, 2.05) is 0 Å². The second-order valence-electron chi connectivity index (χ2n) is 5.36. The Kier molecular flexibility index (Phi) is 5.83. The van der Waals surface area contributed by atoms with Crippen molar-refractivity contribution < 1.29 is 17.9 Å². The molecular formula is C15H19N5O4S2. The van der Waals surface area contributed by atoms with Crippen LogP contribution in [0.1, 0.15) is 25.1 Å². The van der Waals surface area contributed by atoms with Crippen LogP contribution in [0.3, 0.4) is 0 Å². The number of aromatic nitrogens is 2. The molecule has 11 heteroatoms. The third kappa shape index (κ3) is 4.92. The van der Waals surface area contributed by atoms with Crippen molar-refractivity contribution in [1.82, 2.24) is 9.97 Å². The molecule has 2 rings (SSSR count). The molecule has 0 aliphatic carbocycles. The molecule has 0 bridgehead atoms. The average Bonchev–Trinajstić information content (AvgIpc) is 2.85. The summed E-state index contributed by atoms with van der Waals surface area (Å²) in [6.07, 6.45) is 0.907. The first-order chi connectivity index (χ1) is 12.1. The molecule has 9 nitrogen and oxygen atoms in total. The van der Waals surface area contributed by atoms with E-state index in [4.69, 9.17) is 10.5 Å². The van der Waals surface area contributed by atoms with Crippen LogP contribution >= 0.6 is 11.3 Å². The Hall–Kier alpha value is -2.66. The van der Waals surface area contributed by atoms with Gasteiger partial charge in [-0.3, -0.25) is 10.0 Å². The van der Waals surface area contributed by atoms with Gasteiger partial charge < -0.3 is 10.5 Å². The Labute approximate surface area is 155 Å². The molecular weight excluding hydrogens is 378 g/mol. The van der Waals surface area contributed by atoms with Gasteiger partial charge in [-0.05, 0) is 51.5 Å². The van der Waals surface area contributed by atoms with Gasteiger partial charge in [-0.15, -0.1) is 0 Å². The van der Waals surface area contributed by atoms with Gasteiger partial charge in [0.1, 0.15) is 17.4 Å². The van der Waals surface area contributed by atoms with E-state index in [1.54, 1.807) is 39.8 Å². The summed E-state index contributed by atoms with van der Waals surface area (Å²) < 4.78 is 32.4. The summed E-state index contributed by atoms with van der Waals surface area (Å²) in [7, 11) is -3.90. The maximum atomic E-state index is 12.5. The molecule has 0 fully saturated rings. The SMILES string of the molecule is C/C=C(/C)OC(=O)Nc1cc(C)cc(NS(=O)(=O)c2sc(N)nc2C)n1. The molecule has 2 aromatic rings. The van der Waals surface area contributed by atoms with Gasteiger partial charge in [-0.2, -0.15) is 0 Å². The zero-order chi connectivity index (χ0) is 19.5. The second-order valence-corrected chi connectivity index (χ2v) is 8.27. The minimum Gasteiger partial charge on any atom is -0.415 e. The van der Waals surface area contributed by atoms with E-state index >= 15 is 0 Å². The zero-order valence-electron chi connectivity index (χ0n) is 14.7. The van der Waals surface area contributed by atoms with Crippen LogP contribution < -0.4 is 15.8 Å². The number of sulfonamides is 1. The number of nitrogens with one attached hydrogen (secondary N) is 2. The van der Waals surface area contributed by atoms with Crippen LogP contribution in [0.5, 0.6) is 0 Å². The highest BCUT2D eigenvalue weighted by Gasteiger charge is 2.22. The highest BCUT2D eigenvalue weighted by atomic mass is 32.2. The Morgan fingerprint density at radius 2 is 1.92 bits per heavy atom. The normalized spacial score (nSPS) is 11.9. The largest absolute Gasteiger partial charge is 0.417 e. The number of rotatable bonds is 5. The molecule has 1 amide bonds. The number of amides is 1. The van der Waals surface area contributed by atoms with E-state index in [9.17, 15) is 13.2 Å². The number of nitrogens with two attached hydrogens (primary N) is 1. The lowest BCUT2D eigenvalue weighted by atomic mass is 10.3. The molecule has 26 heavy (non-hydrogen) atoms. The molecule has 0 spiro atoms. The fourth-order valence-corrected chi connectivity index (χ4v) is 4.25. The molecule has 0 aliphatic rings. The van der Waals surface area contributed by atoms with Crippen molar-refractivity contribution in [2.24, 2.45) is 0 Å². The first-order valence-electron chi connectivity index (χ1n) is 7.47. The highest BCUT2D eigenvalue weighted by molar-refractivity contribution is 7.94. The molecule has 0 aromatic carbocycles. The monoisotopic (exact) mass is 397 g/mol. The van der Waals surface area contributed by atoms with Crippen molar-refractivity contribution in [2.45, 2.75) is 31.9 Å². The van der Waals surface area contributed by atoms with Gasteiger partial charge in [0.15, 0.2) is 9.34 Å². The average molecular weight is 397 g/mol. The predicted octanol–water partition coefficient (Wildman–Crippen LogP) is 3.01. The number of thiazole rings is 1. The third-order valence-electron chi connectivity index (χ3n) is 3.11. The van der Waals surface area contributed by atoms with E-state index in [-0.39, 0.29) is 21.0 Å². The van der Waals surface area contributed by atoms with E-state index in [0.717, 1.165) is 11.3 Å². The van der Waals surface area contributed by atoms with Crippen molar-refractivity contribution >= 4 is 44.2 Å². The fraction of sp³-hybridized carbons (Fsp3) is 0.267. The smallest absolute Gasteiger partial charge is 0.415 e. The number of carbonyl (C=O) groups excluding carboxylic acids is 1. The number of nitrogens with zero attached hydrogens (tertiary/aromatic N) is 2. The molecule has 0 unspecified atom stereocenters. The van der Waals surface area contributed by atoms with Crippen molar-refractivity contribution in [1.29, 1.82) is 0 Å². The molecule has 4 N–H and O–H groups in total. The lowest BCUT2D eigenvalue weighted by Crippen LogP contribution is -2.17. The lowest BCUT2D eigenvalue weighted by Gasteiger charge is -2.10. The second kappa shape index (κ2) is 7.70. The molecule has 0 saturated carbocycles. The Bertz CT molecular complexity index is 966. The van der Waals surface area contributed by atoms with Crippen LogP contribution in [0.2, 0.25) is 0 Å². The topological polar surface area (TPSA) is 136 Å². The summed E-state index contributed by atoms with van der Waals surface area (Å²) in [5, 5.41) is 2.61. The van der Waals surface area contributed by atoms with Crippen molar-refractivity contribution in [3.8, 4) is 0 Å². The molecule has 0 atom stereocenters. The van der Waals surface area contributed by atoms with Gasteiger partial charge in [0.2, 0.25) is 0 Å². The van der Waals surface area contributed by atoms with Crippen molar-refractivity contribution in [3.63, 3.8) is 0 Å². The van der Waals surface area contributed by atoms with Crippen LogP contribution in [0.15, 0.2) is 28.2 Å². The van der Waals surface area contributed by atoms with Gasteiger partial charge in [0.25, 0.3) is 10.0 Å². The first-order valence-corrected chi connectivity index (χ1v) is 9.77. The minimum absolute atomic E-state index is 0.0101. The number of ether oxygens (including phenoxy) is 1. The summed E-state index contributed by atoms with van der Waals surface area (Å²) in [4.78, 5) is 19.8. The molecule has 2 aromatic heterocycles. The molecule has 2 heterocycles. The van der Waals surface area contributed by atoms with Crippen molar-refractivity contribution in [2.75, 3.05) is 15.8 Å². The summed E-state index contributed by atoms with van der Waals surface area (Å²) in [5.41, 5.74) is 6.55. The maximum Gasteiger partial charge on any atom is 0.417 e. The summed E-state index contributed by atoms with van der Waals surface area (Å²) in [6.45, 7) is 6.65. The van der Waals surface area contributed by atoms with Gasteiger partial charge in [-0.25, -0.2) is 23.2 Å². The van der Waals surface area contributed by atoms with Crippen LogP contribution in [-0.4, -0.2) is 24.5 Å². The molecule has 0 aliphatic heterocycles. The summed E-state index contributed by atoms with van der Waals surface area (Å²) in [5.74, 6) is 0.626. The van der Waals surface area contributed by atoms with Crippen LogP contribution in [0, 0.1) is 13.8 Å². The van der Waals surface area contributed by atoms with E-state index in [1.165, 1.54) is 6.07 Å². The number of pyridine rings is 1. The number of hydrogen-bond donors (Lipinski definition) is 3. The standard InChI is InChI=1S/C15H19N5O4S2/c1-5-9(3)24-15(21)19-11-6-8(2)7-12(18-11)20-26(22,23)13-10(4)17-14(16)25-13/h5-7H,1-4H3,(H2,16,17)(H2,18,19,20,21)/b9-5-. The molecule has 140 valence electrons. The van der Waals surface area contributed by atoms with E-state index < -0.39 is 16.1 Å². The Morgan fingerprint density at radius 1 is 1.27 bits per heavy atom. The Morgan fingerprint density at radius 3 is 2.50 bits per heavy atom. The van der Waals surface area contributed by atoms with Gasteiger partial charge >= 0.3 is 6.09 Å².